The average Bonchev–Trinajstić information content (AvgIpc) is 3.43. The lowest BCUT2D eigenvalue weighted by Crippen LogP contribution is -2.60. The number of hydrogen-bond donors (Lipinski definition) is 4. The summed E-state index contributed by atoms with van der Waals surface area (Å²) in [7, 11) is 2.77. The third-order valence-electron chi connectivity index (χ3n) is 5.73. The molecule has 5 atom stereocenters. The molecule has 12 heteroatoms. The van der Waals surface area contributed by atoms with Crippen molar-refractivity contribution in [2.24, 2.45) is 5.92 Å². The summed E-state index contributed by atoms with van der Waals surface area (Å²) >= 11 is 0. The Balaban J connectivity index is 2.09. The molecule has 2 aliphatic rings. The minimum atomic E-state index is -1.31. The molecule has 2 aliphatic heterocycles. The van der Waals surface area contributed by atoms with Gasteiger partial charge in [0.2, 0.25) is 11.8 Å². The molecule has 0 aliphatic carbocycles. The van der Waals surface area contributed by atoms with E-state index < -0.39 is 47.0 Å². The third-order valence-corrected chi connectivity index (χ3v) is 5.73. The Morgan fingerprint density at radius 2 is 1.51 bits per heavy atom. The number of epoxide rings is 1. The fraction of sp³-hybridized carbons (Fsp3) is 0.739. The Kier molecular flexibility index (Phi) is 9.78. The molecule has 35 heavy (non-hydrogen) atoms. The minimum absolute atomic E-state index is 0.134. The van der Waals surface area contributed by atoms with Crippen LogP contribution < -0.4 is 21.4 Å². The van der Waals surface area contributed by atoms with Crippen molar-refractivity contribution in [3.63, 3.8) is 0 Å². The van der Waals surface area contributed by atoms with Crippen LogP contribution in [0.3, 0.4) is 0 Å². The fourth-order valence-electron chi connectivity index (χ4n) is 3.64. The van der Waals surface area contributed by atoms with Gasteiger partial charge in [0.1, 0.15) is 17.7 Å². The molecular weight excluding hydrogens is 460 g/mol. The molecule has 4 N–H and O–H groups in total. The zero-order valence-electron chi connectivity index (χ0n) is 21.5. The molecule has 2 heterocycles. The van der Waals surface area contributed by atoms with Crippen molar-refractivity contribution in [1.29, 1.82) is 0 Å². The first-order chi connectivity index (χ1) is 16.3. The molecule has 0 radical (unpaired) electrons. The van der Waals surface area contributed by atoms with Gasteiger partial charge in [0.05, 0.1) is 25.9 Å². The van der Waals surface area contributed by atoms with Crippen LogP contribution in [0.4, 0.5) is 0 Å². The first kappa shape index (κ1) is 28.7. The van der Waals surface area contributed by atoms with Gasteiger partial charge in [0, 0.05) is 19.9 Å². The zero-order valence-corrected chi connectivity index (χ0v) is 21.5. The quantitative estimate of drug-likeness (QED) is 0.228. The highest BCUT2D eigenvalue weighted by Crippen LogP contribution is 2.29. The topological polar surface area (TPSA) is 157 Å². The van der Waals surface area contributed by atoms with E-state index in [1.165, 1.54) is 14.2 Å². The van der Waals surface area contributed by atoms with Crippen molar-refractivity contribution < 1.29 is 38.2 Å². The number of Topliss-reactive ketones (excluding diaryl/α,β-unsaturated/α-hetero) is 1. The number of nitrogens with one attached hydrogen (secondary N) is 4. The highest BCUT2D eigenvalue weighted by atomic mass is 16.7. The second kappa shape index (κ2) is 11.9. The number of hydroxylamine groups is 1. The summed E-state index contributed by atoms with van der Waals surface area (Å²) in [6.07, 6.45) is 2.00. The first-order valence-corrected chi connectivity index (χ1v) is 11.6. The van der Waals surface area contributed by atoms with Crippen LogP contribution in [0.5, 0.6) is 0 Å². The summed E-state index contributed by atoms with van der Waals surface area (Å²) in [4.78, 5) is 57.0. The Labute approximate surface area is 205 Å². The van der Waals surface area contributed by atoms with Gasteiger partial charge in [0.15, 0.2) is 11.4 Å². The Hall–Kier alpha value is -2.54. The van der Waals surface area contributed by atoms with E-state index in [9.17, 15) is 19.2 Å². The maximum Gasteiger partial charge on any atom is 0.259 e. The molecule has 198 valence electrons. The predicted octanol–water partition coefficient (Wildman–Crippen LogP) is -0.665. The smallest absolute Gasteiger partial charge is 0.259 e. The number of ether oxygens (including phenoxy) is 3. The van der Waals surface area contributed by atoms with Gasteiger partial charge in [-0.2, -0.15) is 0 Å². The predicted molar refractivity (Wildman–Crippen MR) is 125 cm³/mol. The SMILES string of the molecule is COC[C@H](NC(=O)[C@H](COC)NC(=O)C1(C)C=C(C)NO1)C(=O)N[C@@H](CC(C)C)C(=O)C1(C)CO1. The Bertz CT molecular complexity index is 841. The van der Waals surface area contributed by atoms with Crippen LogP contribution in [0.2, 0.25) is 0 Å². The van der Waals surface area contributed by atoms with Gasteiger partial charge in [-0.1, -0.05) is 13.8 Å². The number of allylic oxidation sites excluding steroid dienone is 1. The van der Waals surface area contributed by atoms with Crippen molar-refractivity contribution in [2.45, 2.75) is 70.4 Å². The second-order valence-electron chi connectivity index (χ2n) is 9.71. The zero-order chi connectivity index (χ0) is 26.4. The molecule has 2 rings (SSSR count). The standard InChI is InChI=1S/C23H38N4O8/c1-13(2)8-15(18(28)23(5)12-34-23)24-19(29)16(10-32-6)25-20(30)17(11-33-7)26-21(31)22(4)9-14(3)27-35-22/h9,13,15-17,27H,8,10-12H2,1-7H3,(H,24,29)(H,25,30)(H,26,31)/t15-,16-,17-,22?,23?/m0/s1. The molecule has 2 unspecified atom stereocenters. The summed E-state index contributed by atoms with van der Waals surface area (Å²) in [6, 6.07) is -3.00. The van der Waals surface area contributed by atoms with Crippen LogP contribution in [0.15, 0.2) is 11.8 Å². The van der Waals surface area contributed by atoms with Crippen LogP contribution in [0, 0.1) is 5.92 Å². The van der Waals surface area contributed by atoms with E-state index >= 15 is 0 Å². The second-order valence-corrected chi connectivity index (χ2v) is 9.71. The van der Waals surface area contributed by atoms with E-state index in [1.807, 2.05) is 13.8 Å². The Morgan fingerprint density at radius 3 is 1.94 bits per heavy atom. The number of methoxy groups -OCH3 is 2. The van der Waals surface area contributed by atoms with Crippen LogP contribution >= 0.6 is 0 Å². The molecular formula is C23H38N4O8. The van der Waals surface area contributed by atoms with Crippen molar-refractivity contribution in [3.05, 3.63) is 11.8 Å². The molecule has 1 saturated heterocycles. The lowest BCUT2D eigenvalue weighted by atomic mass is 9.93. The lowest BCUT2D eigenvalue weighted by molar-refractivity contribution is -0.145. The van der Waals surface area contributed by atoms with E-state index in [0.29, 0.717) is 18.7 Å². The van der Waals surface area contributed by atoms with E-state index in [4.69, 9.17) is 19.0 Å². The molecule has 0 saturated carbocycles. The number of carbonyl (C=O) groups is 4. The van der Waals surface area contributed by atoms with E-state index in [-0.39, 0.29) is 24.9 Å². The van der Waals surface area contributed by atoms with Gasteiger partial charge in [-0.3, -0.25) is 29.5 Å². The van der Waals surface area contributed by atoms with Crippen molar-refractivity contribution >= 4 is 23.5 Å². The maximum absolute atomic E-state index is 13.1. The highest BCUT2D eigenvalue weighted by Gasteiger charge is 2.50. The van der Waals surface area contributed by atoms with E-state index in [1.54, 1.807) is 26.8 Å². The molecule has 0 aromatic heterocycles. The summed E-state index contributed by atoms with van der Waals surface area (Å²) in [5.74, 6) is -1.88. The number of amides is 3. The Morgan fingerprint density at radius 1 is 1.00 bits per heavy atom. The van der Waals surface area contributed by atoms with E-state index in [2.05, 4.69) is 21.4 Å². The summed E-state index contributed by atoms with van der Waals surface area (Å²) in [5, 5.41) is 7.91. The highest BCUT2D eigenvalue weighted by molar-refractivity contribution is 5.98. The van der Waals surface area contributed by atoms with Crippen LogP contribution in [0.1, 0.15) is 41.0 Å². The minimum Gasteiger partial charge on any atom is -0.382 e. The van der Waals surface area contributed by atoms with Gasteiger partial charge in [0.25, 0.3) is 5.91 Å². The van der Waals surface area contributed by atoms with Gasteiger partial charge in [-0.15, -0.1) is 0 Å². The third kappa shape index (κ3) is 7.72. The first-order valence-electron chi connectivity index (χ1n) is 11.6. The number of ketones is 1. The molecule has 0 bridgehead atoms. The van der Waals surface area contributed by atoms with Gasteiger partial charge in [-0.25, -0.2) is 0 Å². The number of hydrogen-bond acceptors (Lipinski definition) is 9. The van der Waals surface area contributed by atoms with Crippen molar-refractivity contribution in [1.82, 2.24) is 21.4 Å². The van der Waals surface area contributed by atoms with Crippen molar-refractivity contribution in [3.8, 4) is 0 Å². The van der Waals surface area contributed by atoms with Crippen LogP contribution in [0.25, 0.3) is 0 Å². The molecule has 1 fully saturated rings. The van der Waals surface area contributed by atoms with Gasteiger partial charge in [-0.05, 0) is 39.2 Å². The molecule has 12 nitrogen and oxygen atoms in total. The summed E-state index contributed by atoms with van der Waals surface area (Å²) in [6.45, 7) is 8.86. The fourth-order valence-corrected chi connectivity index (χ4v) is 3.64. The largest absolute Gasteiger partial charge is 0.382 e. The average molecular weight is 499 g/mol. The number of rotatable bonds is 14. The molecule has 0 spiro atoms. The van der Waals surface area contributed by atoms with E-state index in [0.717, 1.165) is 0 Å². The van der Waals surface area contributed by atoms with Gasteiger partial charge >= 0.3 is 0 Å². The molecule has 3 amide bonds. The summed E-state index contributed by atoms with van der Waals surface area (Å²) in [5.41, 5.74) is 1.05. The van der Waals surface area contributed by atoms with Crippen LogP contribution in [-0.4, -0.2) is 86.9 Å². The summed E-state index contributed by atoms with van der Waals surface area (Å²) < 4.78 is 15.5. The van der Waals surface area contributed by atoms with Crippen LogP contribution in [-0.2, 0) is 38.2 Å². The molecule has 0 aromatic carbocycles. The number of carbonyl (C=O) groups excluding carboxylic acids is 4. The lowest BCUT2D eigenvalue weighted by Gasteiger charge is -2.27. The molecule has 0 aromatic rings. The maximum atomic E-state index is 13.1. The normalized spacial score (nSPS) is 25.7. The monoisotopic (exact) mass is 498 g/mol. The van der Waals surface area contributed by atoms with Gasteiger partial charge < -0.3 is 30.2 Å². The van der Waals surface area contributed by atoms with Crippen molar-refractivity contribution in [2.75, 3.05) is 34.0 Å².